The van der Waals surface area contributed by atoms with Crippen LogP contribution in [0.4, 0.5) is 0 Å². The fourth-order valence-corrected chi connectivity index (χ4v) is 0.348. The minimum atomic E-state index is -0.148. The van der Waals surface area contributed by atoms with Crippen LogP contribution >= 0.6 is 0 Å². The second-order valence-electron chi connectivity index (χ2n) is 2.66. The van der Waals surface area contributed by atoms with E-state index in [4.69, 9.17) is 4.74 Å². The summed E-state index contributed by atoms with van der Waals surface area (Å²) in [5, 5.41) is 9.85. The van der Waals surface area contributed by atoms with E-state index in [1.165, 1.54) is 0 Å². The minimum absolute atomic E-state index is 0.142. The molecule has 0 N–H and O–H groups in total. The second kappa shape index (κ2) is 3.05. The molecule has 50 valence electrons. The van der Waals surface area contributed by atoms with Gasteiger partial charge in [-0.25, -0.2) is 0 Å². The van der Waals surface area contributed by atoms with E-state index >= 15 is 0 Å². The summed E-state index contributed by atoms with van der Waals surface area (Å²) in [6, 6.07) is 0. The first-order chi connectivity index (χ1) is 3.56. The Morgan fingerprint density at radius 2 is 1.88 bits per heavy atom. The third-order valence-corrected chi connectivity index (χ3v) is 0.618. The smallest absolute Gasteiger partial charge is 0.0597 e. The normalized spacial score (nSPS) is 12.0. The molecule has 2 heteroatoms. The van der Waals surface area contributed by atoms with Gasteiger partial charge in [0.15, 0.2) is 0 Å². The van der Waals surface area contributed by atoms with Gasteiger partial charge in [-0.15, -0.1) is 6.61 Å². The van der Waals surface area contributed by atoms with Crippen LogP contribution < -0.4 is 5.11 Å². The highest BCUT2D eigenvalue weighted by atomic mass is 16.5. The predicted molar refractivity (Wildman–Crippen MR) is 30.6 cm³/mol. The van der Waals surface area contributed by atoms with Gasteiger partial charge < -0.3 is 9.84 Å². The molecule has 0 radical (unpaired) electrons. The molecule has 0 rings (SSSR count). The highest BCUT2D eigenvalue weighted by Crippen LogP contribution is 2.04. The first kappa shape index (κ1) is 7.92. The zero-order valence-corrected chi connectivity index (χ0v) is 5.73. The summed E-state index contributed by atoms with van der Waals surface area (Å²) in [6.07, 6.45) is 0. The van der Waals surface area contributed by atoms with E-state index < -0.39 is 0 Å². The zero-order chi connectivity index (χ0) is 6.62. The van der Waals surface area contributed by atoms with Crippen LogP contribution in [-0.2, 0) is 4.74 Å². The zero-order valence-electron chi connectivity index (χ0n) is 5.73. The average Bonchev–Trinajstić information content (AvgIpc) is 1.59. The van der Waals surface area contributed by atoms with Crippen LogP contribution in [0, 0.1) is 0 Å². The van der Waals surface area contributed by atoms with E-state index in [2.05, 4.69) is 0 Å². The Balaban J connectivity index is 3.11. The highest BCUT2D eigenvalue weighted by molar-refractivity contribution is 4.57. The molecule has 0 amide bonds. The van der Waals surface area contributed by atoms with Crippen molar-refractivity contribution >= 4 is 0 Å². The molecule has 0 atom stereocenters. The van der Waals surface area contributed by atoms with Crippen LogP contribution in [0.5, 0.6) is 0 Å². The van der Waals surface area contributed by atoms with Crippen molar-refractivity contribution in [1.29, 1.82) is 0 Å². The Morgan fingerprint density at radius 1 is 1.38 bits per heavy atom. The lowest BCUT2D eigenvalue weighted by Crippen LogP contribution is -2.24. The van der Waals surface area contributed by atoms with Crippen LogP contribution in [0.25, 0.3) is 0 Å². The van der Waals surface area contributed by atoms with E-state index in [0.717, 1.165) is 0 Å². The Bertz CT molecular complexity index is 54.0. The molecule has 0 bridgehead atoms. The minimum Gasteiger partial charge on any atom is -0.853 e. The molecular formula is C6H13O2-. The van der Waals surface area contributed by atoms with Gasteiger partial charge in [-0.3, -0.25) is 0 Å². The number of hydrogen-bond acceptors (Lipinski definition) is 2. The van der Waals surface area contributed by atoms with Gasteiger partial charge in [-0.2, -0.15) is 0 Å². The molecule has 0 aliphatic carbocycles. The molecule has 0 aromatic carbocycles. The molecule has 0 saturated heterocycles. The molecule has 0 unspecified atom stereocenters. The van der Waals surface area contributed by atoms with E-state index in [1.54, 1.807) is 0 Å². The Hall–Kier alpha value is -0.0800. The van der Waals surface area contributed by atoms with Crippen molar-refractivity contribution < 1.29 is 9.84 Å². The second-order valence-corrected chi connectivity index (χ2v) is 2.66. The lowest BCUT2D eigenvalue weighted by Gasteiger charge is -2.20. The first-order valence-corrected chi connectivity index (χ1v) is 2.78. The maximum absolute atomic E-state index is 9.85. The summed E-state index contributed by atoms with van der Waals surface area (Å²) in [5.41, 5.74) is -0.148. The van der Waals surface area contributed by atoms with Gasteiger partial charge >= 0.3 is 0 Å². The standard InChI is InChI=1S/C6H13O2/c1-6(2,3)8-5-4-7/h4-5H2,1-3H3/q-1. The van der Waals surface area contributed by atoms with Crippen molar-refractivity contribution in [1.82, 2.24) is 0 Å². The molecule has 0 saturated carbocycles. The first-order valence-electron chi connectivity index (χ1n) is 2.78. The van der Waals surface area contributed by atoms with Gasteiger partial charge in [0.25, 0.3) is 0 Å². The van der Waals surface area contributed by atoms with Crippen molar-refractivity contribution in [3.63, 3.8) is 0 Å². The molecule has 8 heavy (non-hydrogen) atoms. The molecule has 0 aromatic rings. The van der Waals surface area contributed by atoms with Crippen molar-refractivity contribution in [2.45, 2.75) is 26.4 Å². The molecular weight excluding hydrogens is 104 g/mol. The maximum atomic E-state index is 9.85. The fourth-order valence-electron chi connectivity index (χ4n) is 0.348. The van der Waals surface area contributed by atoms with Crippen molar-refractivity contribution in [3.05, 3.63) is 0 Å². The van der Waals surface area contributed by atoms with Gasteiger partial charge in [0.2, 0.25) is 0 Å². The van der Waals surface area contributed by atoms with Crippen LogP contribution in [0.2, 0.25) is 0 Å². The third kappa shape index (κ3) is 5.92. The topological polar surface area (TPSA) is 32.3 Å². The molecule has 0 fully saturated rings. The van der Waals surface area contributed by atoms with E-state index in [-0.39, 0.29) is 12.2 Å². The summed E-state index contributed by atoms with van der Waals surface area (Å²) in [6.45, 7) is 5.98. The Morgan fingerprint density at radius 3 is 2.00 bits per heavy atom. The van der Waals surface area contributed by atoms with Crippen LogP contribution in [0.3, 0.4) is 0 Å². The predicted octanol–water partition coefficient (Wildman–Crippen LogP) is 0.162. The molecule has 0 spiro atoms. The Kier molecular flexibility index (Phi) is 3.02. The lowest BCUT2D eigenvalue weighted by molar-refractivity contribution is -0.377. The number of hydrogen-bond donors (Lipinski definition) is 0. The van der Waals surface area contributed by atoms with Crippen LogP contribution in [0.15, 0.2) is 0 Å². The van der Waals surface area contributed by atoms with E-state index in [0.29, 0.717) is 6.61 Å². The maximum Gasteiger partial charge on any atom is 0.0597 e. The van der Waals surface area contributed by atoms with Crippen molar-refractivity contribution in [2.75, 3.05) is 13.2 Å². The van der Waals surface area contributed by atoms with Crippen LogP contribution in [-0.4, -0.2) is 18.8 Å². The third-order valence-electron chi connectivity index (χ3n) is 0.618. The monoisotopic (exact) mass is 117 g/mol. The Labute approximate surface area is 50.5 Å². The molecule has 0 heterocycles. The van der Waals surface area contributed by atoms with Gasteiger partial charge in [0.1, 0.15) is 0 Å². The largest absolute Gasteiger partial charge is 0.853 e. The van der Waals surface area contributed by atoms with Crippen LogP contribution in [0.1, 0.15) is 20.8 Å². The number of rotatable bonds is 2. The molecule has 0 aromatic heterocycles. The summed E-state index contributed by atoms with van der Waals surface area (Å²) in [7, 11) is 0. The molecule has 0 aliphatic heterocycles. The fraction of sp³-hybridized carbons (Fsp3) is 1.00. The van der Waals surface area contributed by atoms with Crippen molar-refractivity contribution in [2.24, 2.45) is 0 Å². The van der Waals surface area contributed by atoms with E-state index in [9.17, 15) is 5.11 Å². The van der Waals surface area contributed by atoms with Gasteiger partial charge in [-0.1, -0.05) is 0 Å². The van der Waals surface area contributed by atoms with E-state index in [1.807, 2.05) is 20.8 Å². The molecule has 2 nitrogen and oxygen atoms in total. The summed E-state index contributed by atoms with van der Waals surface area (Å²) >= 11 is 0. The quantitative estimate of drug-likeness (QED) is 0.516. The molecule has 0 aliphatic rings. The summed E-state index contributed by atoms with van der Waals surface area (Å²) < 4.78 is 5.07. The van der Waals surface area contributed by atoms with Gasteiger partial charge in [-0.05, 0) is 20.8 Å². The number of ether oxygens (including phenoxy) is 1. The van der Waals surface area contributed by atoms with Gasteiger partial charge in [0, 0.05) is 6.61 Å². The highest BCUT2D eigenvalue weighted by Gasteiger charge is 2.06. The van der Waals surface area contributed by atoms with Crippen molar-refractivity contribution in [3.8, 4) is 0 Å². The van der Waals surface area contributed by atoms with Gasteiger partial charge in [0.05, 0.1) is 5.60 Å². The summed E-state index contributed by atoms with van der Waals surface area (Å²) in [5.74, 6) is 0. The average molecular weight is 117 g/mol. The SMILES string of the molecule is CC(C)(C)OCC[O-]. The summed E-state index contributed by atoms with van der Waals surface area (Å²) in [4.78, 5) is 0. The lowest BCUT2D eigenvalue weighted by atomic mass is 10.2.